The van der Waals surface area contributed by atoms with Crippen LogP contribution in [0, 0.1) is 0 Å². The van der Waals surface area contributed by atoms with E-state index in [-0.39, 0.29) is 51.6 Å². The molecule has 1 aromatic carbocycles. The van der Waals surface area contributed by atoms with E-state index in [2.05, 4.69) is 15.0 Å². The van der Waals surface area contributed by atoms with E-state index in [1.807, 2.05) is 6.07 Å². The van der Waals surface area contributed by atoms with Crippen molar-refractivity contribution in [3.63, 3.8) is 0 Å². The Morgan fingerprint density at radius 3 is 2.47 bits per heavy atom. The van der Waals surface area contributed by atoms with E-state index < -0.39 is 34.2 Å². The smallest absolute Gasteiger partial charge is 0.328 e. The maximum absolute atomic E-state index is 13.2. The summed E-state index contributed by atoms with van der Waals surface area (Å²) in [7, 11) is -2.76. The van der Waals surface area contributed by atoms with E-state index in [1.54, 1.807) is 29.6 Å². The Labute approximate surface area is 208 Å². The van der Waals surface area contributed by atoms with Crippen molar-refractivity contribution >= 4 is 51.0 Å². The normalized spacial score (nSPS) is 16.1. The molecule has 14 heteroatoms. The van der Waals surface area contributed by atoms with E-state index in [0.717, 1.165) is 5.56 Å². The molecule has 11 nitrogen and oxygen atoms in total. The van der Waals surface area contributed by atoms with Crippen molar-refractivity contribution in [1.29, 1.82) is 0 Å². The van der Waals surface area contributed by atoms with E-state index >= 15 is 0 Å². The van der Waals surface area contributed by atoms with Crippen LogP contribution in [0.3, 0.4) is 0 Å². The predicted octanol–water partition coefficient (Wildman–Crippen LogP) is 0.125. The Balaban J connectivity index is 0.00000408. The van der Waals surface area contributed by atoms with Crippen LogP contribution < -0.4 is 15.8 Å². The lowest BCUT2D eigenvalue weighted by molar-refractivity contribution is -0.145. The third-order valence-corrected chi connectivity index (χ3v) is 7.34. The highest BCUT2D eigenvalue weighted by molar-refractivity contribution is 7.87. The minimum atomic E-state index is -3.97. The van der Waals surface area contributed by atoms with Gasteiger partial charge in [0.05, 0.1) is 26.0 Å². The van der Waals surface area contributed by atoms with E-state index in [4.69, 9.17) is 15.2 Å². The average Bonchev–Trinajstić information content (AvgIpc) is 3.23. The van der Waals surface area contributed by atoms with Crippen molar-refractivity contribution in [3.8, 4) is 0 Å². The number of anilines is 1. The topological polar surface area (TPSA) is 153 Å². The molecule has 188 valence electrons. The van der Waals surface area contributed by atoms with Gasteiger partial charge in [-0.15, -0.1) is 23.7 Å². The monoisotopic (exact) mass is 533 g/mol. The molecule has 2 aromatic rings. The van der Waals surface area contributed by atoms with Gasteiger partial charge in [-0.25, -0.2) is 9.78 Å². The summed E-state index contributed by atoms with van der Waals surface area (Å²) in [6, 6.07) is 6.78. The first kappa shape index (κ1) is 28.0. The lowest BCUT2D eigenvalue weighted by Gasteiger charge is -2.29. The SMILES string of the molecule is COC(=O)[C@H](Cc1csc(N)n1)NC(=O)[C@H](Cc1ccccc1)NS(=O)(=O)N1CCOCC1.Cl. The molecule has 0 spiro atoms. The fourth-order valence-corrected chi connectivity index (χ4v) is 5.22. The molecular formula is C20H28ClN5O6S2. The number of nitrogens with one attached hydrogen (secondary N) is 2. The lowest BCUT2D eigenvalue weighted by Crippen LogP contribution is -2.56. The van der Waals surface area contributed by atoms with Gasteiger partial charge >= 0.3 is 5.97 Å². The molecule has 0 bridgehead atoms. The van der Waals surface area contributed by atoms with Gasteiger partial charge in [0, 0.05) is 24.9 Å². The summed E-state index contributed by atoms with van der Waals surface area (Å²) in [5.41, 5.74) is 6.92. The zero-order valence-corrected chi connectivity index (χ0v) is 21.0. The predicted molar refractivity (Wildman–Crippen MR) is 130 cm³/mol. The number of benzene rings is 1. The Hall–Kier alpha value is -2.29. The summed E-state index contributed by atoms with van der Waals surface area (Å²) in [5.74, 6) is -1.33. The number of morpholine rings is 1. The number of esters is 1. The van der Waals surface area contributed by atoms with Gasteiger partial charge in [-0.1, -0.05) is 30.3 Å². The van der Waals surface area contributed by atoms with Gasteiger partial charge in [0.15, 0.2) is 5.13 Å². The molecule has 2 atom stereocenters. The first-order valence-electron chi connectivity index (χ1n) is 10.3. The zero-order chi connectivity index (χ0) is 23.8. The van der Waals surface area contributed by atoms with Gasteiger partial charge < -0.3 is 20.5 Å². The van der Waals surface area contributed by atoms with Gasteiger partial charge in [0.2, 0.25) is 5.91 Å². The molecule has 1 fully saturated rings. The minimum Gasteiger partial charge on any atom is -0.467 e. The molecule has 1 aliphatic heterocycles. The maximum atomic E-state index is 13.2. The van der Waals surface area contributed by atoms with Crippen molar-refractivity contribution < 1.29 is 27.5 Å². The standard InChI is InChI=1S/C20H27N5O6S2.ClH/c1-30-19(27)17(12-15-13-32-20(21)22-15)23-18(26)16(11-14-5-3-2-4-6-14)24-33(28,29)25-7-9-31-10-8-25;/h2-6,13,16-17,24H,7-12H2,1H3,(H2,21,22)(H,23,26);1H/t16-,17-;/m0./s1. The Bertz CT molecular complexity index is 1050. The number of ether oxygens (including phenoxy) is 2. The van der Waals surface area contributed by atoms with Crippen LogP contribution in [0.4, 0.5) is 5.13 Å². The molecule has 1 saturated heterocycles. The summed E-state index contributed by atoms with van der Waals surface area (Å²) in [6.45, 7) is 0.922. The van der Waals surface area contributed by atoms with Crippen LogP contribution in [-0.4, -0.2) is 75.1 Å². The number of rotatable bonds is 10. The van der Waals surface area contributed by atoms with Crippen LogP contribution in [-0.2, 0) is 42.1 Å². The number of amides is 1. The molecule has 34 heavy (non-hydrogen) atoms. The summed E-state index contributed by atoms with van der Waals surface area (Å²) in [6.07, 6.45) is 0.147. The summed E-state index contributed by atoms with van der Waals surface area (Å²) < 4.78 is 39.6. The minimum absolute atomic E-state index is 0. The second kappa shape index (κ2) is 13.0. The van der Waals surface area contributed by atoms with Crippen molar-refractivity contribution in [2.24, 2.45) is 0 Å². The lowest BCUT2D eigenvalue weighted by atomic mass is 10.1. The number of methoxy groups -OCH3 is 1. The van der Waals surface area contributed by atoms with Gasteiger partial charge in [-0.3, -0.25) is 4.79 Å². The number of carbonyl (C=O) groups excluding carboxylic acids is 2. The van der Waals surface area contributed by atoms with Crippen molar-refractivity contribution in [3.05, 3.63) is 47.0 Å². The molecule has 0 radical (unpaired) electrons. The van der Waals surface area contributed by atoms with Crippen molar-refractivity contribution in [1.82, 2.24) is 19.3 Å². The highest BCUT2D eigenvalue weighted by atomic mass is 35.5. The number of carbonyl (C=O) groups is 2. The molecule has 0 aliphatic carbocycles. The van der Waals surface area contributed by atoms with E-state index in [0.29, 0.717) is 10.8 Å². The first-order chi connectivity index (χ1) is 15.8. The van der Waals surface area contributed by atoms with Gasteiger partial charge in [0.1, 0.15) is 12.1 Å². The summed E-state index contributed by atoms with van der Waals surface area (Å²) in [5, 5.41) is 4.63. The number of thiazole rings is 1. The van der Waals surface area contributed by atoms with Crippen LogP contribution in [0.5, 0.6) is 0 Å². The van der Waals surface area contributed by atoms with Crippen LogP contribution in [0.15, 0.2) is 35.7 Å². The highest BCUT2D eigenvalue weighted by Gasteiger charge is 2.33. The highest BCUT2D eigenvalue weighted by Crippen LogP contribution is 2.14. The molecule has 1 aliphatic rings. The van der Waals surface area contributed by atoms with Crippen LogP contribution >= 0.6 is 23.7 Å². The number of nitrogens with zero attached hydrogens (tertiary/aromatic N) is 2. The molecule has 1 aromatic heterocycles. The average molecular weight is 534 g/mol. The van der Waals surface area contributed by atoms with Crippen molar-refractivity contribution in [2.75, 3.05) is 39.1 Å². The second-order valence-electron chi connectivity index (χ2n) is 7.34. The molecule has 2 heterocycles. The number of halogens is 1. The van der Waals surface area contributed by atoms with Crippen LogP contribution in [0.1, 0.15) is 11.3 Å². The molecular weight excluding hydrogens is 506 g/mol. The number of hydrogen-bond acceptors (Lipinski definition) is 9. The fraction of sp³-hybridized carbons (Fsp3) is 0.450. The van der Waals surface area contributed by atoms with Crippen LogP contribution in [0.25, 0.3) is 0 Å². The Morgan fingerprint density at radius 1 is 1.21 bits per heavy atom. The molecule has 0 unspecified atom stereocenters. The van der Waals surface area contributed by atoms with Gasteiger partial charge in [0.25, 0.3) is 10.2 Å². The quantitative estimate of drug-likeness (QED) is 0.364. The van der Waals surface area contributed by atoms with Crippen LogP contribution in [0.2, 0.25) is 0 Å². The Morgan fingerprint density at radius 2 is 1.88 bits per heavy atom. The summed E-state index contributed by atoms with van der Waals surface area (Å²) >= 11 is 1.21. The van der Waals surface area contributed by atoms with E-state index in [1.165, 1.54) is 22.8 Å². The number of aromatic nitrogens is 1. The molecule has 3 rings (SSSR count). The van der Waals surface area contributed by atoms with Crippen molar-refractivity contribution in [2.45, 2.75) is 24.9 Å². The number of hydrogen-bond donors (Lipinski definition) is 3. The van der Waals surface area contributed by atoms with Gasteiger partial charge in [-0.2, -0.15) is 17.4 Å². The Kier molecular flexibility index (Phi) is 10.7. The van der Waals surface area contributed by atoms with Gasteiger partial charge in [-0.05, 0) is 12.0 Å². The maximum Gasteiger partial charge on any atom is 0.328 e. The third kappa shape index (κ3) is 7.89. The van der Waals surface area contributed by atoms with E-state index in [9.17, 15) is 18.0 Å². The second-order valence-corrected chi connectivity index (χ2v) is 9.93. The molecule has 0 saturated carbocycles. The number of nitrogens with two attached hydrogens (primary N) is 1. The largest absolute Gasteiger partial charge is 0.467 e. The fourth-order valence-electron chi connectivity index (χ4n) is 3.31. The first-order valence-corrected chi connectivity index (χ1v) is 12.6. The summed E-state index contributed by atoms with van der Waals surface area (Å²) in [4.78, 5) is 29.6. The zero-order valence-electron chi connectivity index (χ0n) is 18.5. The number of nitrogen functional groups attached to an aromatic ring is 1. The molecule has 1 amide bonds. The third-order valence-electron chi connectivity index (χ3n) is 4.99. The molecule has 4 N–H and O–H groups in total.